The second-order valence-corrected chi connectivity index (χ2v) is 4.94. The van der Waals surface area contributed by atoms with Crippen LogP contribution in [0.3, 0.4) is 0 Å². The Balaban J connectivity index is 2.18. The van der Waals surface area contributed by atoms with E-state index >= 15 is 0 Å². The van der Waals surface area contributed by atoms with Gasteiger partial charge in [0.15, 0.2) is 17.3 Å². The molecule has 19 heavy (non-hydrogen) atoms. The molecule has 1 aliphatic carbocycles. The van der Waals surface area contributed by atoms with Crippen LogP contribution < -0.4 is 9.47 Å². The second kappa shape index (κ2) is 4.23. The molecule has 0 saturated carbocycles. The molecular weight excluding hydrogens is 244 g/mol. The number of ketones is 1. The molecule has 0 N–H and O–H groups in total. The molecule has 0 radical (unpaired) electrons. The number of fused-ring (bicyclic) bond motifs is 2. The molecule has 1 unspecified atom stereocenters. The SMILES string of the molecule is COc1cccc2c1OC(=O)CC21C=CC(=O)CC1. The fraction of sp³-hybridized carbons (Fsp3) is 0.333. The molecule has 1 aromatic carbocycles. The zero-order valence-electron chi connectivity index (χ0n) is 10.6. The van der Waals surface area contributed by atoms with E-state index in [9.17, 15) is 9.59 Å². The number of methoxy groups -OCH3 is 1. The van der Waals surface area contributed by atoms with Gasteiger partial charge in [-0.3, -0.25) is 9.59 Å². The number of carbonyl (C=O) groups excluding carboxylic acids is 2. The van der Waals surface area contributed by atoms with Gasteiger partial charge in [0.05, 0.1) is 13.5 Å². The van der Waals surface area contributed by atoms with Crippen LogP contribution >= 0.6 is 0 Å². The Kier molecular flexibility index (Phi) is 2.66. The third-order valence-corrected chi connectivity index (χ3v) is 3.82. The van der Waals surface area contributed by atoms with Gasteiger partial charge in [0, 0.05) is 17.4 Å². The number of rotatable bonds is 1. The molecule has 0 amide bonds. The first kappa shape index (κ1) is 12.0. The van der Waals surface area contributed by atoms with Gasteiger partial charge in [-0.15, -0.1) is 0 Å². The van der Waals surface area contributed by atoms with Crippen LogP contribution in [0, 0.1) is 0 Å². The van der Waals surface area contributed by atoms with Crippen LogP contribution in [0.4, 0.5) is 0 Å². The Hall–Kier alpha value is -2.10. The summed E-state index contributed by atoms with van der Waals surface area (Å²) in [6, 6.07) is 5.58. The third-order valence-electron chi connectivity index (χ3n) is 3.82. The van der Waals surface area contributed by atoms with Crippen molar-refractivity contribution in [3.63, 3.8) is 0 Å². The van der Waals surface area contributed by atoms with Crippen molar-refractivity contribution in [1.29, 1.82) is 0 Å². The topological polar surface area (TPSA) is 52.6 Å². The third kappa shape index (κ3) is 1.84. The molecule has 0 saturated heterocycles. The standard InChI is InChI=1S/C15H14O4/c1-18-12-4-2-3-11-14(12)19-13(17)9-15(11)7-5-10(16)6-8-15/h2-5,7H,6,8-9H2,1H3. The molecule has 1 aliphatic heterocycles. The van der Waals surface area contributed by atoms with Crippen molar-refractivity contribution in [1.82, 2.24) is 0 Å². The lowest BCUT2D eigenvalue weighted by Crippen LogP contribution is -2.36. The second-order valence-electron chi connectivity index (χ2n) is 4.94. The number of benzene rings is 1. The van der Waals surface area contributed by atoms with E-state index in [0.717, 1.165) is 5.56 Å². The molecule has 1 atom stereocenters. The summed E-state index contributed by atoms with van der Waals surface area (Å²) in [5.41, 5.74) is 0.503. The number of carbonyl (C=O) groups is 2. The molecule has 4 heteroatoms. The lowest BCUT2D eigenvalue weighted by Gasteiger charge is -2.37. The van der Waals surface area contributed by atoms with Gasteiger partial charge < -0.3 is 9.47 Å². The van der Waals surface area contributed by atoms with Crippen molar-refractivity contribution in [2.75, 3.05) is 7.11 Å². The zero-order chi connectivity index (χ0) is 13.5. The minimum atomic E-state index is -0.423. The highest BCUT2D eigenvalue weighted by Crippen LogP contribution is 2.48. The van der Waals surface area contributed by atoms with Crippen LogP contribution in [-0.4, -0.2) is 18.9 Å². The first-order valence-corrected chi connectivity index (χ1v) is 6.25. The van der Waals surface area contributed by atoms with E-state index < -0.39 is 5.41 Å². The first-order chi connectivity index (χ1) is 9.14. The Morgan fingerprint density at radius 2 is 2.16 bits per heavy atom. The summed E-state index contributed by atoms with van der Waals surface area (Å²) in [5, 5.41) is 0. The van der Waals surface area contributed by atoms with Crippen LogP contribution in [0.1, 0.15) is 24.8 Å². The number of esters is 1. The molecule has 4 nitrogen and oxygen atoms in total. The Morgan fingerprint density at radius 1 is 1.32 bits per heavy atom. The van der Waals surface area contributed by atoms with Gasteiger partial charge in [-0.25, -0.2) is 0 Å². The van der Waals surface area contributed by atoms with Crippen molar-refractivity contribution in [3.8, 4) is 11.5 Å². The van der Waals surface area contributed by atoms with E-state index in [1.807, 2.05) is 18.2 Å². The quantitative estimate of drug-likeness (QED) is 0.572. The fourth-order valence-corrected chi connectivity index (χ4v) is 2.81. The van der Waals surface area contributed by atoms with Gasteiger partial charge in [-0.05, 0) is 18.6 Å². The first-order valence-electron chi connectivity index (χ1n) is 6.25. The number of hydrogen-bond acceptors (Lipinski definition) is 4. The van der Waals surface area contributed by atoms with Crippen molar-refractivity contribution < 1.29 is 19.1 Å². The molecule has 0 fully saturated rings. The van der Waals surface area contributed by atoms with Crippen LogP contribution in [0.15, 0.2) is 30.4 Å². The highest BCUT2D eigenvalue weighted by Gasteiger charge is 2.42. The van der Waals surface area contributed by atoms with Gasteiger partial charge in [-0.1, -0.05) is 18.2 Å². The van der Waals surface area contributed by atoms with Crippen molar-refractivity contribution >= 4 is 11.8 Å². The molecule has 0 aromatic heterocycles. The molecule has 1 spiro atoms. The summed E-state index contributed by atoms with van der Waals surface area (Å²) < 4.78 is 10.6. The summed E-state index contributed by atoms with van der Waals surface area (Å²) in [7, 11) is 1.55. The summed E-state index contributed by atoms with van der Waals surface area (Å²) in [6.45, 7) is 0. The highest BCUT2D eigenvalue weighted by atomic mass is 16.6. The number of hydrogen-bond donors (Lipinski definition) is 0. The largest absolute Gasteiger partial charge is 0.493 e. The summed E-state index contributed by atoms with van der Waals surface area (Å²) in [5.74, 6) is 0.862. The van der Waals surface area contributed by atoms with Gasteiger partial charge in [0.25, 0.3) is 0 Å². The van der Waals surface area contributed by atoms with Crippen molar-refractivity contribution in [3.05, 3.63) is 35.9 Å². The van der Waals surface area contributed by atoms with Gasteiger partial charge in [-0.2, -0.15) is 0 Å². The average molecular weight is 258 g/mol. The Bertz CT molecular complexity index is 588. The maximum absolute atomic E-state index is 11.9. The summed E-state index contributed by atoms with van der Waals surface area (Å²) >= 11 is 0. The molecule has 1 heterocycles. The number of para-hydroxylation sites is 1. The van der Waals surface area contributed by atoms with Gasteiger partial charge in [0.2, 0.25) is 0 Å². The minimum Gasteiger partial charge on any atom is -0.493 e. The van der Waals surface area contributed by atoms with Crippen molar-refractivity contribution in [2.45, 2.75) is 24.7 Å². The molecule has 0 bridgehead atoms. The molecule has 98 valence electrons. The molecular formula is C15H14O4. The van der Waals surface area contributed by atoms with Crippen LogP contribution in [-0.2, 0) is 15.0 Å². The fourth-order valence-electron chi connectivity index (χ4n) is 2.81. The summed E-state index contributed by atoms with van der Waals surface area (Å²) in [6.07, 6.45) is 4.79. The monoisotopic (exact) mass is 258 g/mol. The van der Waals surface area contributed by atoms with E-state index in [4.69, 9.17) is 9.47 Å². The predicted molar refractivity (Wildman–Crippen MR) is 68.3 cm³/mol. The van der Waals surface area contributed by atoms with E-state index in [1.165, 1.54) is 0 Å². The highest BCUT2D eigenvalue weighted by molar-refractivity contribution is 5.92. The summed E-state index contributed by atoms with van der Waals surface area (Å²) in [4.78, 5) is 23.2. The lowest BCUT2D eigenvalue weighted by molar-refractivity contribution is -0.137. The maximum Gasteiger partial charge on any atom is 0.312 e. The zero-order valence-corrected chi connectivity index (χ0v) is 10.6. The van der Waals surface area contributed by atoms with E-state index in [-0.39, 0.29) is 18.2 Å². The smallest absolute Gasteiger partial charge is 0.312 e. The van der Waals surface area contributed by atoms with Crippen LogP contribution in [0.5, 0.6) is 11.5 Å². The van der Waals surface area contributed by atoms with Crippen LogP contribution in [0.2, 0.25) is 0 Å². The van der Waals surface area contributed by atoms with Gasteiger partial charge in [0.1, 0.15) is 0 Å². The van der Waals surface area contributed by atoms with Gasteiger partial charge >= 0.3 is 5.97 Å². The molecule has 1 aromatic rings. The maximum atomic E-state index is 11.9. The number of allylic oxidation sites excluding steroid dienone is 2. The van der Waals surface area contributed by atoms with Crippen LogP contribution in [0.25, 0.3) is 0 Å². The molecule has 2 aliphatic rings. The van der Waals surface area contributed by atoms with E-state index in [0.29, 0.717) is 24.3 Å². The van der Waals surface area contributed by atoms with E-state index in [1.54, 1.807) is 19.3 Å². The average Bonchev–Trinajstić information content (AvgIpc) is 2.41. The lowest BCUT2D eigenvalue weighted by atomic mass is 9.69. The normalized spacial score (nSPS) is 25.1. The minimum absolute atomic E-state index is 0.106. The Labute approximate surface area is 111 Å². The number of ether oxygens (including phenoxy) is 2. The van der Waals surface area contributed by atoms with Crippen molar-refractivity contribution in [2.24, 2.45) is 0 Å². The molecule has 3 rings (SSSR count). The van der Waals surface area contributed by atoms with E-state index in [2.05, 4.69) is 0 Å². The predicted octanol–water partition coefficient (Wildman–Crippen LogP) is 2.16. The Morgan fingerprint density at radius 3 is 2.84 bits per heavy atom.